The number of allylic oxidation sites excluding steroid dienone is 2. The number of aromatic hydroxyl groups is 1. The highest BCUT2D eigenvalue weighted by atomic mass is 16.6. The second-order valence-corrected chi connectivity index (χ2v) is 10.5. The van der Waals surface area contributed by atoms with Crippen molar-refractivity contribution in [2.24, 2.45) is 5.73 Å². The van der Waals surface area contributed by atoms with E-state index in [0.29, 0.717) is 43.8 Å². The smallest absolute Gasteiger partial charge is 0.302 e. The molecule has 0 spiro atoms. The van der Waals surface area contributed by atoms with Crippen LogP contribution in [0.15, 0.2) is 60.4 Å². The highest BCUT2D eigenvalue weighted by Gasteiger charge is 2.23. The number of nitrogens with two attached hydrogens (primary N) is 1. The molecule has 0 aliphatic carbocycles. The lowest BCUT2D eigenvalue weighted by Gasteiger charge is -2.24. The van der Waals surface area contributed by atoms with Gasteiger partial charge in [0, 0.05) is 26.8 Å². The van der Waals surface area contributed by atoms with Gasteiger partial charge in [-0.05, 0) is 79.0 Å². The zero-order valence-electron chi connectivity index (χ0n) is 24.5. The maximum absolute atomic E-state index is 12.0. The molecule has 8 nitrogen and oxygen atoms in total. The predicted molar refractivity (Wildman–Crippen MR) is 160 cm³/mol. The largest absolute Gasteiger partial charge is 0.504 e. The molecule has 222 valence electrons. The third kappa shape index (κ3) is 10.9. The summed E-state index contributed by atoms with van der Waals surface area (Å²) in [5.41, 5.74) is 10.00. The Morgan fingerprint density at radius 3 is 2.29 bits per heavy atom. The first kappa shape index (κ1) is 31.6. The maximum Gasteiger partial charge on any atom is 0.302 e. The van der Waals surface area contributed by atoms with E-state index in [0.717, 1.165) is 48.8 Å². The number of ether oxygens (including phenoxy) is 3. The SMILES string of the molecule is COc1cc(CC[C@H](C[C@H](CCCCCCc2ccccc2)OC(C)=O)OC(C)=O)c(C2=CCNC(N)=C2)cc1O. The summed E-state index contributed by atoms with van der Waals surface area (Å²) in [4.78, 5) is 23.9. The number of hydrogen-bond donors (Lipinski definition) is 3. The minimum atomic E-state index is -0.440. The predicted octanol–water partition coefficient (Wildman–Crippen LogP) is 5.57. The molecule has 0 bridgehead atoms. The Morgan fingerprint density at radius 1 is 0.951 bits per heavy atom. The fraction of sp³-hybridized carbons (Fsp3) is 0.455. The van der Waals surface area contributed by atoms with E-state index in [1.807, 2.05) is 18.2 Å². The number of methoxy groups -OCH3 is 1. The molecule has 2 aromatic rings. The number of esters is 2. The van der Waals surface area contributed by atoms with Gasteiger partial charge in [0.05, 0.1) is 12.9 Å². The summed E-state index contributed by atoms with van der Waals surface area (Å²) in [6.07, 6.45) is 10.5. The lowest BCUT2D eigenvalue weighted by molar-refractivity contribution is -0.153. The van der Waals surface area contributed by atoms with Gasteiger partial charge >= 0.3 is 11.9 Å². The van der Waals surface area contributed by atoms with Gasteiger partial charge in [-0.25, -0.2) is 0 Å². The summed E-state index contributed by atoms with van der Waals surface area (Å²) in [5.74, 6) is 0.231. The lowest BCUT2D eigenvalue weighted by atomic mass is 9.92. The zero-order valence-corrected chi connectivity index (χ0v) is 24.5. The molecular weight excluding hydrogens is 520 g/mol. The number of phenolic OH excluding ortho intramolecular Hbond substituents is 1. The number of rotatable bonds is 16. The van der Waals surface area contributed by atoms with Gasteiger partial charge in [-0.1, -0.05) is 49.2 Å². The number of carbonyl (C=O) groups is 2. The summed E-state index contributed by atoms with van der Waals surface area (Å²) < 4.78 is 16.7. The first-order valence-electron chi connectivity index (χ1n) is 14.4. The summed E-state index contributed by atoms with van der Waals surface area (Å²) in [7, 11) is 1.51. The lowest BCUT2D eigenvalue weighted by Crippen LogP contribution is -2.27. The first-order valence-corrected chi connectivity index (χ1v) is 14.4. The number of aryl methyl sites for hydroxylation is 2. The van der Waals surface area contributed by atoms with Crippen LogP contribution in [-0.2, 0) is 31.9 Å². The number of unbranched alkanes of at least 4 members (excludes halogenated alkanes) is 3. The Balaban J connectivity index is 1.64. The van der Waals surface area contributed by atoms with Crippen LogP contribution in [0.2, 0.25) is 0 Å². The number of dihydropyridines is 1. The molecule has 0 saturated carbocycles. The van der Waals surface area contributed by atoms with E-state index in [4.69, 9.17) is 19.9 Å². The van der Waals surface area contributed by atoms with Crippen molar-refractivity contribution in [3.8, 4) is 11.5 Å². The van der Waals surface area contributed by atoms with Crippen LogP contribution in [-0.4, -0.2) is 42.9 Å². The average Bonchev–Trinajstić information content (AvgIpc) is 2.93. The number of nitrogens with one attached hydrogen (secondary N) is 1. The molecule has 1 aliphatic heterocycles. The van der Waals surface area contributed by atoms with Crippen molar-refractivity contribution in [2.45, 2.75) is 83.8 Å². The van der Waals surface area contributed by atoms with Gasteiger partial charge in [0.25, 0.3) is 0 Å². The van der Waals surface area contributed by atoms with Gasteiger partial charge in [0.1, 0.15) is 12.2 Å². The Kier molecular flexibility index (Phi) is 12.6. The van der Waals surface area contributed by atoms with Gasteiger partial charge in [0.2, 0.25) is 0 Å². The molecular formula is C33H44N2O6. The number of phenols is 1. The number of carbonyl (C=O) groups excluding carboxylic acids is 2. The molecule has 0 fully saturated rings. The summed E-state index contributed by atoms with van der Waals surface area (Å²) in [5, 5.41) is 13.5. The average molecular weight is 565 g/mol. The fourth-order valence-electron chi connectivity index (χ4n) is 5.22. The van der Waals surface area contributed by atoms with E-state index in [2.05, 4.69) is 29.6 Å². The third-order valence-electron chi connectivity index (χ3n) is 7.17. The Morgan fingerprint density at radius 2 is 1.63 bits per heavy atom. The maximum atomic E-state index is 12.0. The molecule has 1 aliphatic rings. The molecule has 1 heterocycles. The highest BCUT2D eigenvalue weighted by Crippen LogP contribution is 2.35. The molecule has 0 aromatic heterocycles. The minimum Gasteiger partial charge on any atom is -0.504 e. The van der Waals surface area contributed by atoms with Crippen LogP contribution in [0.25, 0.3) is 5.57 Å². The molecule has 4 N–H and O–H groups in total. The van der Waals surface area contributed by atoms with Crippen molar-refractivity contribution < 1.29 is 28.9 Å². The summed E-state index contributed by atoms with van der Waals surface area (Å²) >= 11 is 0. The van der Waals surface area contributed by atoms with Crippen LogP contribution in [0.1, 0.15) is 75.5 Å². The van der Waals surface area contributed by atoms with Crippen molar-refractivity contribution in [2.75, 3.05) is 13.7 Å². The molecule has 41 heavy (non-hydrogen) atoms. The van der Waals surface area contributed by atoms with Crippen molar-refractivity contribution in [1.29, 1.82) is 0 Å². The van der Waals surface area contributed by atoms with E-state index in [9.17, 15) is 14.7 Å². The summed E-state index contributed by atoms with van der Waals surface area (Å²) in [6.45, 7) is 3.38. The van der Waals surface area contributed by atoms with E-state index in [-0.39, 0.29) is 23.8 Å². The minimum absolute atomic E-state index is 0.0351. The molecule has 8 heteroatoms. The molecule has 3 rings (SSSR count). The Labute approximate surface area is 243 Å². The number of hydrogen-bond acceptors (Lipinski definition) is 8. The monoisotopic (exact) mass is 564 g/mol. The molecule has 0 unspecified atom stereocenters. The van der Waals surface area contributed by atoms with Crippen LogP contribution >= 0.6 is 0 Å². The topological polar surface area (TPSA) is 120 Å². The molecule has 0 saturated heterocycles. The van der Waals surface area contributed by atoms with Gasteiger partial charge in [0.15, 0.2) is 11.5 Å². The van der Waals surface area contributed by atoms with E-state index < -0.39 is 6.10 Å². The fourth-order valence-corrected chi connectivity index (χ4v) is 5.22. The molecule has 2 aromatic carbocycles. The third-order valence-corrected chi connectivity index (χ3v) is 7.17. The van der Waals surface area contributed by atoms with E-state index in [1.54, 1.807) is 12.1 Å². The Bertz CT molecular complexity index is 1210. The molecule has 0 radical (unpaired) electrons. The van der Waals surface area contributed by atoms with Crippen LogP contribution in [0.5, 0.6) is 11.5 Å². The van der Waals surface area contributed by atoms with Gasteiger partial charge < -0.3 is 30.4 Å². The number of benzene rings is 2. The second-order valence-electron chi connectivity index (χ2n) is 10.5. The van der Waals surface area contributed by atoms with Crippen LogP contribution < -0.4 is 15.8 Å². The normalized spacial score (nSPS) is 14.2. The molecule has 2 atom stereocenters. The van der Waals surface area contributed by atoms with Gasteiger partial charge in [-0.2, -0.15) is 0 Å². The van der Waals surface area contributed by atoms with Crippen molar-refractivity contribution in [1.82, 2.24) is 5.32 Å². The quantitative estimate of drug-likeness (QED) is 0.179. The molecule has 0 amide bonds. The first-order chi connectivity index (χ1) is 19.7. The standard InChI is InChI=1S/C33H44N2O6/c1-23(36)40-28(14-10-5-4-7-11-25-12-8-6-9-13-25)21-29(41-24(2)37)16-15-26-19-32(39-3)31(38)22-30(26)27-17-18-35-33(34)20-27/h6,8-9,12-13,17,19-20,22,28-29,35,38H,4-5,7,10-11,14-16,18,21,34H2,1-3H3/t28-,29+/m0/s1. The van der Waals surface area contributed by atoms with Crippen LogP contribution in [0.4, 0.5) is 0 Å². The highest BCUT2D eigenvalue weighted by molar-refractivity contribution is 5.79. The van der Waals surface area contributed by atoms with Crippen molar-refractivity contribution in [3.63, 3.8) is 0 Å². The van der Waals surface area contributed by atoms with E-state index in [1.165, 1.54) is 26.5 Å². The van der Waals surface area contributed by atoms with Gasteiger partial charge in [-0.3, -0.25) is 9.59 Å². The van der Waals surface area contributed by atoms with Gasteiger partial charge in [-0.15, -0.1) is 0 Å². The zero-order chi connectivity index (χ0) is 29.6. The van der Waals surface area contributed by atoms with Crippen LogP contribution in [0, 0.1) is 0 Å². The van der Waals surface area contributed by atoms with Crippen molar-refractivity contribution in [3.05, 3.63) is 77.1 Å². The second kappa shape index (κ2) is 16.4. The van der Waals surface area contributed by atoms with Crippen molar-refractivity contribution >= 4 is 17.5 Å². The van der Waals surface area contributed by atoms with Crippen LogP contribution in [0.3, 0.4) is 0 Å². The van der Waals surface area contributed by atoms with E-state index >= 15 is 0 Å². The summed E-state index contributed by atoms with van der Waals surface area (Å²) in [6, 6.07) is 13.9. The Hall–Kier alpha value is -3.94.